The van der Waals surface area contributed by atoms with Crippen molar-refractivity contribution in [2.45, 2.75) is 6.92 Å². The van der Waals surface area contributed by atoms with Gasteiger partial charge in [-0.3, -0.25) is 0 Å². The largest absolute Gasteiger partial charge is 0.372 e. The minimum atomic E-state index is 0.683. The van der Waals surface area contributed by atoms with Crippen molar-refractivity contribution in [3.8, 4) is 0 Å². The molecule has 0 rings (SSSR count). The van der Waals surface area contributed by atoms with Crippen LogP contribution >= 0.6 is 15.9 Å². The van der Waals surface area contributed by atoms with E-state index in [1.165, 1.54) is 0 Å². The van der Waals surface area contributed by atoms with Gasteiger partial charge in [0.15, 0.2) is 0 Å². The highest BCUT2D eigenvalue weighted by molar-refractivity contribution is 9.09. The number of allylic oxidation sites excluding steroid dienone is 1. The van der Waals surface area contributed by atoms with E-state index in [4.69, 9.17) is 4.74 Å². The molecule has 0 aliphatic rings. The molecule has 0 aromatic rings. The molecule has 0 heterocycles. The lowest BCUT2D eigenvalue weighted by Gasteiger charge is -1.89. The zero-order chi connectivity index (χ0) is 6.24. The highest BCUT2D eigenvalue weighted by Crippen LogP contribution is 1.83. The topological polar surface area (TPSA) is 9.23 Å². The number of hydrogen-bond acceptors (Lipinski definition) is 1. The molecule has 1 nitrogen and oxygen atoms in total. The second-order valence-electron chi connectivity index (χ2n) is 1.19. The van der Waals surface area contributed by atoms with E-state index in [2.05, 4.69) is 15.9 Å². The van der Waals surface area contributed by atoms with E-state index in [1.807, 2.05) is 19.1 Å². The van der Waals surface area contributed by atoms with E-state index in [9.17, 15) is 0 Å². The van der Waals surface area contributed by atoms with Gasteiger partial charge in [-0.05, 0) is 6.92 Å². The van der Waals surface area contributed by atoms with Crippen LogP contribution in [0, 0.1) is 6.61 Å². The fourth-order valence-corrected chi connectivity index (χ4v) is 0.547. The van der Waals surface area contributed by atoms with Crippen LogP contribution in [0.3, 0.4) is 0 Å². The van der Waals surface area contributed by atoms with Crippen LogP contribution in [0.15, 0.2) is 12.2 Å². The van der Waals surface area contributed by atoms with Crippen molar-refractivity contribution in [3.63, 3.8) is 0 Å². The second-order valence-corrected chi connectivity index (χ2v) is 1.84. The zero-order valence-corrected chi connectivity index (χ0v) is 6.52. The number of alkyl halides is 1. The molecule has 0 aliphatic heterocycles. The molecule has 0 spiro atoms. The van der Waals surface area contributed by atoms with Crippen molar-refractivity contribution in [1.82, 2.24) is 0 Å². The van der Waals surface area contributed by atoms with E-state index in [1.54, 1.807) is 6.61 Å². The summed E-state index contributed by atoms with van der Waals surface area (Å²) in [5, 5.41) is 0.903. The summed E-state index contributed by atoms with van der Waals surface area (Å²) in [6.45, 7) is 4.22. The Balaban J connectivity index is 2.80. The Morgan fingerprint density at radius 2 is 2.25 bits per heavy atom. The van der Waals surface area contributed by atoms with Gasteiger partial charge in [0.25, 0.3) is 0 Å². The summed E-state index contributed by atoms with van der Waals surface area (Å²) in [4.78, 5) is 0. The number of halogens is 1. The lowest BCUT2D eigenvalue weighted by molar-refractivity contribution is 0.239. The predicted octanol–water partition coefficient (Wildman–Crippen LogP) is 2.14. The van der Waals surface area contributed by atoms with Crippen LogP contribution in [0.4, 0.5) is 0 Å². The van der Waals surface area contributed by atoms with E-state index < -0.39 is 0 Å². The first-order valence-electron chi connectivity index (χ1n) is 2.52. The van der Waals surface area contributed by atoms with Crippen LogP contribution in [0.5, 0.6) is 0 Å². The Kier molecular flexibility index (Phi) is 7.34. The van der Waals surface area contributed by atoms with Crippen molar-refractivity contribution < 1.29 is 4.74 Å². The van der Waals surface area contributed by atoms with Crippen molar-refractivity contribution in [2.24, 2.45) is 0 Å². The highest BCUT2D eigenvalue weighted by atomic mass is 79.9. The lowest BCUT2D eigenvalue weighted by atomic mass is 10.5. The van der Waals surface area contributed by atoms with Crippen LogP contribution in [0.25, 0.3) is 0 Å². The standard InChI is InChI=1S/C6H10BrO/c1-2-8-6-4-3-5-7/h2-4H,5-6H2,1H3. The molecule has 0 fully saturated rings. The number of rotatable bonds is 4. The Morgan fingerprint density at radius 3 is 2.75 bits per heavy atom. The number of ether oxygens (including phenoxy) is 1. The summed E-state index contributed by atoms with van der Waals surface area (Å²) in [6.07, 6.45) is 3.97. The molecule has 0 aromatic heterocycles. The van der Waals surface area contributed by atoms with Crippen molar-refractivity contribution in [3.05, 3.63) is 18.8 Å². The van der Waals surface area contributed by atoms with Gasteiger partial charge in [-0.25, -0.2) is 0 Å². The fourth-order valence-electron chi connectivity index (χ4n) is 0.283. The maximum absolute atomic E-state index is 4.90. The van der Waals surface area contributed by atoms with Gasteiger partial charge >= 0.3 is 0 Å². The lowest BCUT2D eigenvalue weighted by Crippen LogP contribution is -1.82. The van der Waals surface area contributed by atoms with Crippen molar-refractivity contribution in [2.75, 3.05) is 11.9 Å². The molecule has 0 unspecified atom stereocenters. The Bertz CT molecular complexity index is 61.5. The monoisotopic (exact) mass is 177 g/mol. The fraction of sp³-hybridized carbons (Fsp3) is 0.500. The van der Waals surface area contributed by atoms with Crippen molar-refractivity contribution in [1.29, 1.82) is 0 Å². The molecule has 0 saturated heterocycles. The second kappa shape index (κ2) is 7.18. The molecule has 8 heavy (non-hydrogen) atoms. The van der Waals surface area contributed by atoms with Crippen LogP contribution in [0.2, 0.25) is 0 Å². The third-order valence-electron chi connectivity index (χ3n) is 0.615. The Hall–Kier alpha value is 0.180. The van der Waals surface area contributed by atoms with E-state index in [0.717, 1.165) is 5.33 Å². The molecule has 0 aliphatic carbocycles. The van der Waals surface area contributed by atoms with Crippen LogP contribution in [-0.4, -0.2) is 11.9 Å². The molecule has 0 saturated carbocycles. The zero-order valence-electron chi connectivity index (χ0n) is 4.93. The third kappa shape index (κ3) is 6.18. The molecular formula is C6H10BrO. The first kappa shape index (κ1) is 8.18. The average molecular weight is 178 g/mol. The first-order valence-corrected chi connectivity index (χ1v) is 3.64. The van der Waals surface area contributed by atoms with Gasteiger partial charge in [-0.15, -0.1) is 0 Å². The minimum absolute atomic E-state index is 0.683. The normalized spacial score (nSPS) is 10.8. The molecule has 1 radical (unpaired) electrons. The average Bonchev–Trinajstić information content (AvgIpc) is 1.81. The predicted molar refractivity (Wildman–Crippen MR) is 38.9 cm³/mol. The van der Waals surface area contributed by atoms with Crippen LogP contribution in [-0.2, 0) is 4.74 Å². The maximum Gasteiger partial charge on any atom is 0.0810 e. The van der Waals surface area contributed by atoms with E-state index >= 15 is 0 Å². The van der Waals surface area contributed by atoms with Gasteiger partial charge in [0.1, 0.15) is 0 Å². The first-order chi connectivity index (χ1) is 3.91. The summed E-state index contributed by atoms with van der Waals surface area (Å²) < 4.78 is 4.90. The molecule has 0 amide bonds. The highest BCUT2D eigenvalue weighted by Gasteiger charge is 1.73. The summed E-state index contributed by atoms with van der Waals surface area (Å²) >= 11 is 3.25. The minimum Gasteiger partial charge on any atom is -0.372 e. The van der Waals surface area contributed by atoms with Gasteiger partial charge in [0.05, 0.1) is 13.2 Å². The third-order valence-corrected chi connectivity index (χ3v) is 0.989. The molecule has 47 valence electrons. The van der Waals surface area contributed by atoms with E-state index in [-0.39, 0.29) is 0 Å². The van der Waals surface area contributed by atoms with Crippen LogP contribution < -0.4 is 0 Å². The molecule has 0 N–H and O–H groups in total. The van der Waals surface area contributed by atoms with Crippen molar-refractivity contribution >= 4 is 15.9 Å². The van der Waals surface area contributed by atoms with Crippen LogP contribution in [0.1, 0.15) is 6.92 Å². The summed E-state index contributed by atoms with van der Waals surface area (Å²) in [5.41, 5.74) is 0. The van der Waals surface area contributed by atoms with Gasteiger partial charge in [0.2, 0.25) is 0 Å². The number of hydrogen-bond donors (Lipinski definition) is 0. The molecule has 0 atom stereocenters. The van der Waals surface area contributed by atoms with Gasteiger partial charge < -0.3 is 4.74 Å². The smallest absolute Gasteiger partial charge is 0.0810 e. The molecule has 0 aromatic carbocycles. The van der Waals surface area contributed by atoms with Gasteiger partial charge in [-0.2, -0.15) is 0 Å². The van der Waals surface area contributed by atoms with Gasteiger partial charge in [0, 0.05) is 5.33 Å². The summed E-state index contributed by atoms with van der Waals surface area (Å²) in [5.74, 6) is 0. The van der Waals surface area contributed by atoms with Gasteiger partial charge in [-0.1, -0.05) is 28.1 Å². The summed E-state index contributed by atoms with van der Waals surface area (Å²) in [7, 11) is 0. The molecule has 0 bridgehead atoms. The molecule has 2 heteroatoms. The maximum atomic E-state index is 4.90. The molecular weight excluding hydrogens is 168 g/mol. The quantitative estimate of drug-likeness (QED) is 0.364. The summed E-state index contributed by atoms with van der Waals surface area (Å²) in [6, 6.07) is 0. The van der Waals surface area contributed by atoms with E-state index in [0.29, 0.717) is 6.61 Å². The SMILES string of the molecule is C[CH]OCC=CCBr. The Labute approximate surface area is 58.9 Å². The Morgan fingerprint density at radius 1 is 1.50 bits per heavy atom.